The van der Waals surface area contributed by atoms with Gasteiger partial charge in [0, 0.05) is 6.04 Å². The van der Waals surface area contributed by atoms with Crippen LogP contribution in [0.1, 0.15) is 12.8 Å². The first-order chi connectivity index (χ1) is 6.43. The van der Waals surface area contributed by atoms with E-state index in [0.717, 1.165) is 11.5 Å². The highest BCUT2D eigenvalue weighted by Gasteiger charge is 2.24. The molecule has 5 heteroatoms. The van der Waals surface area contributed by atoms with Crippen LogP contribution in [0.15, 0.2) is 11.3 Å². The van der Waals surface area contributed by atoms with Crippen LogP contribution in [-0.2, 0) is 0 Å². The molecule has 1 aromatic heterocycles. The lowest BCUT2D eigenvalue weighted by Gasteiger charge is -2.04. The second-order valence-corrected chi connectivity index (χ2v) is 3.19. The van der Waals surface area contributed by atoms with Crippen LogP contribution in [0, 0.1) is 0 Å². The van der Waals surface area contributed by atoms with Gasteiger partial charge in [0.1, 0.15) is 12.7 Å². The molecule has 1 fully saturated rings. The van der Waals surface area contributed by atoms with E-state index in [0.29, 0.717) is 11.9 Å². The largest absolute Gasteiger partial charge is 0.365 e. The minimum atomic E-state index is 0.579. The fraction of sp³-hybridized carbons (Fsp3) is 0.375. The van der Waals surface area contributed by atoms with Crippen molar-refractivity contribution in [1.82, 2.24) is 15.3 Å². The van der Waals surface area contributed by atoms with Crippen LogP contribution in [0.25, 0.3) is 0 Å². The number of nitrogens with zero attached hydrogens (tertiary/aromatic N) is 4. The summed E-state index contributed by atoms with van der Waals surface area (Å²) in [5, 5.41) is 7.30. The molecule has 2 heterocycles. The molecule has 3 rings (SSSR count). The van der Waals surface area contributed by atoms with Crippen LogP contribution in [0.2, 0.25) is 0 Å². The van der Waals surface area contributed by atoms with Crippen LogP contribution in [0.5, 0.6) is 0 Å². The fourth-order valence-corrected chi connectivity index (χ4v) is 1.25. The number of fused-ring (bicyclic) bond motifs is 1. The first-order valence-electron chi connectivity index (χ1n) is 4.28. The summed E-state index contributed by atoms with van der Waals surface area (Å²) in [5.74, 6) is 1.48. The third kappa shape index (κ3) is 1.12. The zero-order valence-electron chi connectivity index (χ0n) is 6.94. The van der Waals surface area contributed by atoms with Gasteiger partial charge in [-0.1, -0.05) is 0 Å². The van der Waals surface area contributed by atoms with Crippen molar-refractivity contribution < 1.29 is 0 Å². The number of rotatable bonds is 2. The topological polar surface area (TPSA) is 64.3 Å². The van der Waals surface area contributed by atoms with Crippen molar-refractivity contribution in [2.24, 2.45) is 4.99 Å². The van der Waals surface area contributed by atoms with E-state index in [9.17, 15) is 0 Å². The van der Waals surface area contributed by atoms with Gasteiger partial charge in [0.2, 0.25) is 0 Å². The lowest BCUT2D eigenvalue weighted by molar-refractivity contribution is 1.07. The average Bonchev–Trinajstić information content (AvgIpc) is 2.83. The molecule has 0 atom stereocenters. The molecule has 13 heavy (non-hydrogen) atoms. The van der Waals surface area contributed by atoms with Crippen LogP contribution in [0.3, 0.4) is 0 Å². The van der Waals surface area contributed by atoms with Crippen molar-refractivity contribution in [3.05, 3.63) is 6.33 Å². The van der Waals surface area contributed by atoms with Crippen molar-refractivity contribution in [2.75, 3.05) is 5.32 Å². The van der Waals surface area contributed by atoms with Gasteiger partial charge in [-0.15, -0.1) is 0 Å². The Morgan fingerprint density at radius 1 is 1.31 bits per heavy atom. The second-order valence-electron chi connectivity index (χ2n) is 3.19. The smallest absolute Gasteiger partial charge is 0.185 e. The molecular weight excluding hydrogens is 166 g/mol. The van der Waals surface area contributed by atoms with E-state index in [2.05, 4.69) is 25.6 Å². The van der Waals surface area contributed by atoms with Gasteiger partial charge in [-0.05, 0) is 12.8 Å². The lowest BCUT2D eigenvalue weighted by Crippen LogP contribution is -2.03. The summed E-state index contributed by atoms with van der Waals surface area (Å²) >= 11 is 0. The summed E-state index contributed by atoms with van der Waals surface area (Å²) in [6.07, 6.45) is 5.47. The van der Waals surface area contributed by atoms with Gasteiger partial charge in [-0.25, -0.2) is 20.3 Å². The normalized spacial score (nSPS) is 18.2. The van der Waals surface area contributed by atoms with E-state index in [-0.39, 0.29) is 0 Å². The van der Waals surface area contributed by atoms with Crippen molar-refractivity contribution in [1.29, 1.82) is 0 Å². The van der Waals surface area contributed by atoms with Gasteiger partial charge < -0.3 is 5.32 Å². The Bertz CT molecular complexity index is 369. The van der Waals surface area contributed by atoms with E-state index >= 15 is 0 Å². The molecule has 0 aromatic carbocycles. The summed E-state index contributed by atoms with van der Waals surface area (Å²) in [7, 11) is 0. The molecule has 1 saturated carbocycles. The first kappa shape index (κ1) is 6.82. The molecule has 1 aromatic rings. The minimum Gasteiger partial charge on any atom is -0.365 e. The summed E-state index contributed by atoms with van der Waals surface area (Å²) in [5.41, 5.74) is 0.773. The molecule has 0 saturated heterocycles. The molecule has 0 unspecified atom stereocenters. The molecule has 0 bridgehead atoms. The zero-order valence-corrected chi connectivity index (χ0v) is 6.94. The van der Waals surface area contributed by atoms with Crippen LogP contribution in [0.4, 0.5) is 17.3 Å². The monoisotopic (exact) mass is 174 g/mol. The quantitative estimate of drug-likeness (QED) is 0.726. The molecule has 1 aliphatic heterocycles. The number of hydrogen-bond donors (Lipinski definition) is 1. The predicted molar refractivity (Wildman–Crippen MR) is 48.6 cm³/mol. The number of nitrogens with one attached hydrogen (secondary N) is 1. The molecule has 1 radical (unpaired) electrons. The number of aliphatic imine (C=N–C) groups is 1. The third-order valence-electron chi connectivity index (χ3n) is 2.09. The van der Waals surface area contributed by atoms with Crippen molar-refractivity contribution >= 4 is 23.7 Å². The Morgan fingerprint density at radius 2 is 2.23 bits per heavy atom. The summed E-state index contributed by atoms with van der Waals surface area (Å²) < 4.78 is 0. The van der Waals surface area contributed by atoms with E-state index in [1.54, 1.807) is 0 Å². The molecule has 1 N–H and O–H groups in total. The maximum absolute atomic E-state index is 4.13. The predicted octanol–water partition coefficient (Wildman–Crippen LogP) is 0.960. The summed E-state index contributed by atoms with van der Waals surface area (Å²) in [4.78, 5) is 12.2. The Hall–Kier alpha value is -1.65. The highest BCUT2D eigenvalue weighted by atomic mass is 15.2. The number of hydrogen-bond acceptors (Lipinski definition) is 4. The van der Waals surface area contributed by atoms with Gasteiger partial charge >= 0.3 is 0 Å². The van der Waals surface area contributed by atoms with Crippen molar-refractivity contribution in [2.45, 2.75) is 18.9 Å². The number of anilines is 1. The number of aromatic nitrogens is 2. The molecule has 5 nitrogen and oxygen atoms in total. The van der Waals surface area contributed by atoms with Crippen molar-refractivity contribution in [3.63, 3.8) is 0 Å². The molecule has 0 spiro atoms. The van der Waals surface area contributed by atoms with Gasteiger partial charge in [0.05, 0.1) is 0 Å². The Labute approximate surface area is 75.3 Å². The van der Waals surface area contributed by atoms with Crippen LogP contribution < -0.4 is 10.6 Å². The van der Waals surface area contributed by atoms with Gasteiger partial charge in [-0.3, -0.25) is 0 Å². The zero-order chi connectivity index (χ0) is 8.67. The molecule has 2 aliphatic rings. The minimum absolute atomic E-state index is 0.579. The Kier molecular flexibility index (Phi) is 1.27. The summed E-state index contributed by atoms with van der Waals surface area (Å²) in [6.45, 7) is 0. The maximum atomic E-state index is 4.13. The average molecular weight is 174 g/mol. The lowest BCUT2D eigenvalue weighted by atomic mass is 10.4. The SMILES string of the molecule is C1=Nc2c(ncnc2NC2CC2)[N]1. The van der Waals surface area contributed by atoms with Crippen LogP contribution >= 0.6 is 0 Å². The summed E-state index contributed by atoms with van der Waals surface area (Å²) in [6, 6.07) is 0.579. The maximum Gasteiger partial charge on any atom is 0.185 e. The fourth-order valence-electron chi connectivity index (χ4n) is 1.25. The van der Waals surface area contributed by atoms with Gasteiger partial charge in [0.25, 0.3) is 0 Å². The first-order valence-corrected chi connectivity index (χ1v) is 4.28. The second kappa shape index (κ2) is 2.42. The van der Waals surface area contributed by atoms with E-state index in [4.69, 9.17) is 0 Å². The molecule has 65 valence electrons. The van der Waals surface area contributed by atoms with Gasteiger partial charge in [-0.2, -0.15) is 0 Å². The van der Waals surface area contributed by atoms with Crippen molar-refractivity contribution in [3.8, 4) is 0 Å². The van der Waals surface area contributed by atoms with Crippen LogP contribution in [-0.4, -0.2) is 22.3 Å². The molecule has 0 amide bonds. The third-order valence-corrected chi connectivity index (χ3v) is 2.09. The molecule has 1 aliphatic carbocycles. The highest BCUT2D eigenvalue weighted by molar-refractivity contribution is 5.85. The van der Waals surface area contributed by atoms with E-state index < -0.39 is 0 Å². The van der Waals surface area contributed by atoms with E-state index in [1.807, 2.05) is 0 Å². The Balaban J connectivity index is 1.98. The van der Waals surface area contributed by atoms with Gasteiger partial charge in [0.15, 0.2) is 17.3 Å². The Morgan fingerprint density at radius 3 is 3.08 bits per heavy atom. The molecular formula is C8H8N5. The van der Waals surface area contributed by atoms with E-state index in [1.165, 1.54) is 25.5 Å². The standard InChI is InChI=1S/C8H8N5/c1-2-5(1)13-8-6-7(10-3-9-6)11-4-12-8/h3-5H,1-2H2,(H,11,12,13). The highest BCUT2D eigenvalue weighted by Crippen LogP contribution is 2.35.